The zero-order valence-corrected chi connectivity index (χ0v) is 18.0. The summed E-state index contributed by atoms with van der Waals surface area (Å²) in [7, 11) is 0. The van der Waals surface area contributed by atoms with E-state index in [1.807, 2.05) is 52.5 Å². The van der Waals surface area contributed by atoms with E-state index in [-0.39, 0.29) is 12.4 Å². The summed E-state index contributed by atoms with van der Waals surface area (Å²) < 4.78 is 21.7. The molecule has 0 unspecified atom stereocenters. The first-order valence-corrected chi connectivity index (χ1v) is 11.0. The second-order valence-electron chi connectivity index (χ2n) is 7.10. The number of imidazole rings is 1. The van der Waals surface area contributed by atoms with Crippen LogP contribution in [0.25, 0.3) is 15.9 Å². The van der Waals surface area contributed by atoms with Crippen molar-refractivity contribution in [2.75, 3.05) is 0 Å². The van der Waals surface area contributed by atoms with E-state index in [0.717, 1.165) is 27.2 Å². The van der Waals surface area contributed by atoms with Crippen LogP contribution in [-0.4, -0.2) is 14.4 Å². The van der Waals surface area contributed by atoms with Crippen LogP contribution in [0.1, 0.15) is 16.8 Å². The highest BCUT2D eigenvalue weighted by Gasteiger charge is 2.11. The highest BCUT2D eigenvalue weighted by atomic mass is 35.5. The van der Waals surface area contributed by atoms with Crippen LogP contribution in [0.5, 0.6) is 5.88 Å². The predicted octanol–water partition coefficient (Wildman–Crippen LogP) is 5.61. The van der Waals surface area contributed by atoms with Gasteiger partial charge < -0.3 is 10.1 Å². The van der Waals surface area contributed by atoms with Crippen molar-refractivity contribution >= 4 is 38.8 Å². The molecule has 1 N–H and O–H groups in total. The van der Waals surface area contributed by atoms with Gasteiger partial charge in [0.15, 0.2) is 4.96 Å². The molecule has 0 spiro atoms. The summed E-state index contributed by atoms with van der Waals surface area (Å²) in [6.45, 7) is 1.42. The van der Waals surface area contributed by atoms with Gasteiger partial charge in [0.1, 0.15) is 12.4 Å². The molecule has 31 heavy (non-hydrogen) atoms. The lowest BCUT2D eigenvalue weighted by Crippen LogP contribution is -2.14. The average Bonchev–Trinajstić information content (AvgIpc) is 3.35. The third kappa shape index (κ3) is 4.39. The third-order valence-electron chi connectivity index (χ3n) is 4.91. The van der Waals surface area contributed by atoms with Crippen molar-refractivity contribution in [2.45, 2.75) is 19.7 Å². The number of rotatable bonds is 7. The van der Waals surface area contributed by atoms with Crippen molar-refractivity contribution in [1.82, 2.24) is 19.7 Å². The Hall–Kier alpha value is -3.00. The molecular formula is C23H18ClFN4OS. The molecular weight excluding hydrogens is 435 g/mol. The largest absolute Gasteiger partial charge is 0.472 e. The minimum absolute atomic E-state index is 0.276. The molecule has 0 aliphatic rings. The summed E-state index contributed by atoms with van der Waals surface area (Å²) in [5.74, 6) is 0.124. The number of thiazole rings is 1. The van der Waals surface area contributed by atoms with Gasteiger partial charge in [-0.05, 0) is 24.3 Å². The standard InChI is InChI=1S/C23H18ClFN4OS/c24-20-4-2-1-3-16(20)14-30-22-17(9-15-5-6-18(25)10-21(15)28-22)11-26-12-19-13-29-7-8-31-23(29)27-19/h1-10,13,26H,11-12,14H2. The van der Waals surface area contributed by atoms with Crippen LogP contribution in [0.4, 0.5) is 4.39 Å². The summed E-state index contributed by atoms with van der Waals surface area (Å²) in [6.07, 6.45) is 4.00. The topological polar surface area (TPSA) is 51.5 Å². The van der Waals surface area contributed by atoms with Crippen LogP contribution in [0.15, 0.2) is 66.3 Å². The fourth-order valence-corrected chi connectivity index (χ4v) is 4.28. The van der Waals surface area contributed by atoms with Crippen molar-refractivity contribution in [1.29, 1.82) is 0 Å². The summed E-state index contributed by atoms with van der Waals surface area (Å²) >= 11 is 7.85. The number of halogens is 2. The molecule has 0 aliphatic carbocycles. The Morgan fingerprint density at radius 2 is 1.97 bits per heavy atom. The van der Waals surface area contributed by atoms with E-state index in [2.05, 4.69) is 15.3 Å². The summed E-state index contributed by atoms with van der Waals surface area (Å²) in [6, 6.07) is 14.1. The maximum atomic E-state index is 13.7. The number of pyridine rings is 1. The molecule has 5 rings (SSSR count). The zero-order chi connectivity index (χ0) is 21.2. The van der Waals surface area contributed by atoms with Crippen LogP contribution in [0, 0.1) is 5.82 Å². The van der Waals surface area contributed by atoms with E-state index < -0.39 is 0 Å². The Balaban J connectivity index is 1.37. The van der Waals surface area contributed by atoms with Gasteiger partial charge in [0.25, 0.3) is 0 Å². The maximum Gasteiger partial charge on any atom is 0.218 e. The van der Waals surface area contributed by atoms with Crippen molar-refractivity contribution in [3.8, 4) is 5.88 Å². The fraction of sp³-hybridized carbons (Fsp3) is 0.130. The predicted molar refractivity (Wildman–Crippen MR) is 121 cm³/mol. The molecule has 0 atom stereocenters. The molecule has 0 bridgehead atoms. The monoisotopic (exact) mass is 452 g/mol. The number of hydrogen-bond acceptors (Lipinski definition) is 5. The Kier molecular flexibility index (Phi) is 5.55. The van der Waals surface area contributed by atoms with Crippen molar-refractivity contribution < 1.29 is 9.13 Å². The summed E-state index contributed by atoms with van der Waals surface area (Å²) in [4.78, 5) is 10.1. The Morgan fingerprint density at radius 1 is 1.06 bits per heavy atom. The molecule has 3 heterocycles. The Labute approximate surface area is 187 Å². The average molecular weight is 453 g/mol. The Morgan fingerprint density at radius 3 is 2.84 bits per heavy atom. The van der Waals surface area contributed by atoms with Crippen molar-refractivity contribution in [2.24, 2.45) is 0 Å². The molecule has 0 saturated carbocycles. The van der Waals surface area contributed by atoms with E-state index in [4.69, 9.17) is 16.3 Å². The Bertz CT molecular complexity index is 1340. The van der Waals surface area contributed by atoms with Gasteiger partial charge in [-0.25, -0.2) is 14.4 Å². The zero-order valence-electron chi connectivity index (χ0n) is 16.4. The van der Waals surface area contributed by atoms with Crippen LogP contribution in [0.2, 0.25) is 5.02 Å². The third-order valence-corrected chi connectivity index (χ3v) is 6.05. The number of aromatic nitrogens is 3. The lowest BCUT2D eigenvalue weighted by Gasteiger charge is -2.13. The minimum atomic E-state index is -0.331. The number of ether oxygens (including phenoxy) is 1. The van der Waals surface area contributed by atoms with Crippen LogP contribution >= 0.6 is 22.9 Å². The minimum Gasteiger partial charge on any atom is -0.472 e. The lowest BCUT2D eigenvalue weighted by molar-refractivity contribution is 0.291. The quantitative estimate of drug-likeness (QED) is 0.349. The number of nitrogens with zero attached hydrogens (tertiary/aromatic N) is 3. The first-order chi connectivity index (χ1) is 15.2. The fourth-order valence-electron chi connectivity index (χ4n) is 3.37. The van der Waals surface area contributed by atoms with Crippen LogP contribution in [-0.2, 0) is 19.7 Å². The van der Waals surface area contributed by atoms with E-state index in [9.17, 15) is 4.39 Å². The number of hydrogen-bond donors (Lipinski definition) is 1. The molecule has 0 radical (unpaired) electrons. The van der Waals surface area contributed by atoms with Crippen LogP contribution in [0.3, 0.4) is 0 Å². The number of fused-ring (bicyclic) bond motifs is 2. The molecule has 0 aliphatic heterocycles. The first-order valence-electron chi connectivity index (χ1n) is 9.73. The van der Waals surface area contributed by atoms with Gasteiger partial charge in [0, 0.05) is 58.5 Å². The van der Waals surface area contributed by atoms with Gasteiger partial charge in [0.05, 0.1) is 11.2 Å². The molecule has 0 saturated heterocycles. The molecule has 5 nitrogen and oxygen atoms in total. The second-order valence-corrected chi connectivity index (χ2v) is 8.38. The van der Waals surface area contributed by atoms with Gasteiger partial charge in [-0.15, -0.1) is 11.3 Å². The SMILES string of the molecule is Fc1ccc2cc(CNCc3cn4ccsc4n3)c(OCc3ccccc3Cl)nc2c1. The smallest absolute Gasteiger partial charge is 0.218 e. The highest BCUT2D eigenvalue weighted by Crippen LogP contribution is 2.25. The molecule has 0 fully saturated rings. The van der Waals surface area contributed by atoms with E-state index in [1.54, 1.807) is 17.4 Å². The molecule has 0 amide bonds. The van der Waals surface area contributed by atoms with Gasteiger partial charge in [-0.2, -0.15) is 0 Å². The maximum absolute atomic E-state index is 13.7. The molecule has 2 aromatic carbocycles. The first kappa shape index (κ1) is 19.9. The second kappa shape index (κ2) is 8.63. The number of benzene rings is 2. The number of nitrogens with one attached hydrogen (secondary N) is 1. The van der Waals surface area contributed by atoms with Gasteiger partial charge in [0.2, 0.25) is 5.88 Å². The molecule has 5 aromatic rings. The van der Waals surface area contributed by atoms with Crippen molar-refractivity contribution in [3.63, 3.8) is 0 Å². The van der Waals surface area contributed by atoms with Crippen LogP contribution < -0.4 is 10.1 Å². The molecule has 8 heteroatoms. The van der Waals surface area contributed by atoms with E-state index >= 15 is 0 Å². The highest BCUT2D eigenvalue weighted by molar-refractivity contribution is 7.15. The van der Waals surface area contributed by atoms with E-state index in [0.29, 0.717) is 29.5 Å². The van der Waals surface area contributed by atoms with Gasteiger partial charge in [-0.3, -0.25) is 4.40 Å². The molecule has 156 valence electrons. The normalized spacial score (nSPS) is 11.4. The van der Waals surface area contributed by atoms with Gasteiger partial charge in [-0.1, -0.05) is 29.8 Å². The molecule has 3 aromatic heterocycles. The van der Waals surface area contributed by atoms with E-state index in [1.165, 1.54) is 12.1 Å². The van der Waals surface area contributed by atoms with Crippen molar-refractivity contribution in [3.05, 3.63) is 94.0 Å². The van der Waals surface area contributed by atoms with Gasteiger partial charge >= 0.3 is 0 Å². The summed E-state index contributed by atoms with van der Waals surface area (Å²) in [5.41, 5.74) is 3.25. The lowest BCUT2D eigenvalue weighted by atomic mass is 10.1. The summed E-state index contributed by atoms with van der Waals surface area (Å²) in [5, 5.41) is 6.89.